The van der Waals surface area contributed by atoms with Gasteiger partial charge in [0.05, 0.1) is 23.6 Å². The fourth-order valence-electron chi connectivity index (χ4n) is 2.55. The van der Waals surface area contributed by atoms with Crippen LogP contribution in [0.15, 0.2) is 24.3 Å². The molecular formula is C11H12N2O3S2. The van der Waals surface area contributed by atoms with E-state index in [9.17, 15) is 13.5 Å². The largest absolute Gasteiger partial charge is 0.508 e. The normalized spacial score (nSPS) is 29.1. The van der Waals surface area contributed by atoms with Gasteiger partial charge in [-0.2, -0.15) is 0 Å². The number of nitrogens with one attached hydrogen (secondary N) is 1. The van der Waals surface area contributed by atoms with E-state index in [2.05, 4.69) is 5.32 Å². The molecule has 0 unspecified atom stereocenters. The predicted molar refractivity (Wildman–Crippen MR) is 72.5 cm³/mol. The van der Waals surface area contributed by atoms with E-state index in [-0.39, 0.29) is 29.3 Å². The maximum atomic E-state index is 11.6. The minimum atomic E-state index is -3.01. The van der Waals surface area contributed by atoms with Crippen molar-refractivity contribution in [2.24, 2.45) is 0 Å². The highest BCUT2D eigenvalue weighted by Crippen LogP contribution is 2.31. The monoisotopic (exact) mass is 284 g/mol. The summed E-state index contributed by atoms with van der Waals surface area (Å²) in [6.45, 7) is 0. The molecule has 2 N–H and O–H groups in total. The Balaban J connectivity index is 1.99. The maximum absolute atomic E-state index is 11.6. The van der Waals surface area contributed by atoms with Crippen LogP contribution in [0.25, 0.3) is 0 Å². The van der Waals surface area contributed by atoms with E-state index in [4.69, 9.17) is 12.2 Å². The van der Waals surface area contributed by atoms with E-state index in [0.29, 0.717) is 5.11 Å². The second kappa shape index (κ2) is 3.83. The molecule has 2 aliphatic heterocycles. The van der Waals surface area contributed by atoms with E-state index >= 15 is 0 Å². The fraction of sp³-hybridized carbons (Fsp3) is 0.364. The zero-order chi connectivity index (χ0) is 12.9. The lowest BCUT2D eigenvalue weighted by Crippen LogP contribution is -2.36. The number of anilines is 1. The molecule has 0 aliphatic carbocycles. The molecule has 0 amide bonds. The molecule has 2 aliphatic rings. The zero-order valence-corrected chi connectivity index (χ0v) is 11.0. The fourth-order valence-corrected chi connectivity index (χ4v) is 4.83. The van der Waals surface area contributed by atoms with Crippen molar-refractivity contribution in [2.45, 2.75) is 12.1 Å². The SMILES string of the molecule is O=S1(=O)C[C@@H]2NC(=S)N(c3cccc(O)c3)[C@H]2C1. The van der Waals surface area contributed by atoms with Gasteiger partial charge in [-0.3, -0.25) is 0 Å². The van der Waals surface area contributed by atoms with Crippen LogP contribution in [0.2, 0.25) is 0 Å². The lowest BCUT2D eigenvalue weighted by Gasteiger charge is -2.23. The highest BCUT2D eigenvalue weighted by atomic mass is 32.2. The third-order valence-corrected chi connectivity index (χ3v) is 5.32. The molecule has 2 atom stereocenters. The molecule has 0 spiro atoms. The number of benzene rings is 1. The number of aromatic hydroxyl groups is 1. The standard InChI is InChI=1S/C11H12N2O3S2/c14-8-3-1-2-7(4-8)13-10-6-18(15,16)5-9(10)12-11(13)17/h1-4,9-10,14H,5-6H2,(H,12,17)/t9-,10-/m0/s1. The number of hydrogen-bond donors (Lipinski definition) is 2. The molecule has 1 aromatic carbocycles. The van der Waals surface area contributed by atoms with Gasteiger partial charge in [0, 0.05) is 11.8 Å². The van der Waals surface area contributed by atoms with Gasteiger partial charge in [-0.05, 0) is 24.4 Å². The summed E-state index contributed by atoms with van der Waals surface area (Å²) < 4.78 is 23.3. The second-order valence-electron chi connectivity index (χ2n) is 4.59. The van der Waals surface area contributed by atoms with Gasteiger partial charge in [-0.25, -0.2) is 8.42 Å². The van der Waals surface area contributed by atoms with Crippen molar-refractivity contribution >= 4 is 32.9 Å². The third kappa shape index (κ3) is 1.83. The molecule has 2 saturated heterocycles. The van der Waals surface area contributed by atoms with Crippen molar-refractivity contribution in [3.8, 4) is 5.75 Å². The lowest BCUT2D eigenvalue weighted by molar-refractivity contribution is 0.475. The van der Waals surface area contributed by atoms with Crippen LogP contribution < -0.4 is 10.2 Å². The smallest absolute Gasteiger partial charge is 0.174 e. The Bertz CT molecular complexity index is 614. The van der Waals surface area contributed by atoms with Crippen LogP contribution in [-0.4, -0.2) is 42.2 Å². The van der Waals surface area contributed by atoms with Crippen LogP contribution in [0.1, 0.15) is 0 Å². The first-order valence-electron chi connectivity index (χ1n) is 5.55. The van der Waals surface area contributed by atoms with Crippen LogP contribution in [0, 0.1) is 0 Å². The third-order valence-electron chi connectivity index (χ3n) is 3.29. The Morgan fingerprint density at radius 1 is 1.39 bits per heavy atom. The molecule has 0 saturated carbocycles. The van der Waals surface area contributed by atoms with Gasteiger partial charge in [-0.1, -0.05) is 6.07 Å². The lowest BCUT2D eigenvalue weighted by atomic mass is 10.1. The summed E-state index contributed by atoms with van der Waals surface area (Å²) in [6, 6.07) is 6.35. The molecule has 0 bridgehead atoms. The summed E-state index contributed by atoms with van der Waals surface area (Å²) in [5, 5.41) is 13.0. The van der Waals surface area contributed by atoms with Crippen LogP contribution in [0.3, 0.4) is 0 Å². The number of fused-ring (bicyclic) bond motifs is 1. The molecule has 0 aromatic heterocycles. The van der Waals surface area contributed by atoms with Crippen molar-refractivity contribution in [3.63, 3.8) is 0 Å². The van der Waals surface area contributed by atoms with Crippen LogP contribution in [0.4, 0.5) is 5.69 Å². The molecule has 3 rings (SSSR count). The van der Waals surface area contributed by atoms with Crippen molar-refractivity contribution in [3.05, 3.63) is 24.3 Å². The first kappa shape index (κ1) is 11.7. The summed E-state index contributed by atoms with van der Waals surface area (Å²) in [4.78, 5) is 1.78. The number of nitrogens with zero attached hydrogens (tertiary/aromatic N) is 1. The second-order valence-corrected chi connectivity index (χ2v) is 7.13. The Hall–Kier alpha value is -1.34. The Morgan fingerprint density at radius 3 is 2.89 bits per heavy atom. The molecule has 5 nitrogen and oxygen atoms in total. The highest BCUT2D eigenvalue weighted by Gasteiger charge is 2.47. The summed E-state index contributed by atoms with van der Waals surface area (Å²) in [5.74, 6) is 0.354. The van der Waals surface area contributed by atoms with E-state index in [0.717, 1.165) is 5.69 Å². The van der Waals surface area contributed by atoms with Gasteiger partial charge in [0.15, 0.2) is 14.9 Å². The molecule has 0 radical (unpaired) electrons. The van der Waals surface area contributed by atoms with Crippen molar-refractivity contribution < 1.29 is 13.5 Å². The number of hydrogen-bond acceptors (Lipinski definition) is 4. The Labute approximate surface area is 110 Å². The molecule has 2 heterocycles. The molecular weight excluding hydrogens is 272 g/mol. The minimum absolute atomic E-state index is 0.0977. The summed E-state index contributed by atoms with van der Waals surface area (Å²) in [7, 11) is -3.01. The molecule has 96 valence electrons. The Morgan fingerprint density at radius 2 is 2.17 bits per heavy atom. The minimum Gasteiger partial charge on any atom is -0.508 e. The zero-order valence-electron chi connectivity index (χ0n) is 9.41. The van der Waals surface area contributed by atoms with E-state index < -0.39 is 9.84 Å². The molecule has 7 heteroatoms. The van der Waals surface area contributed by atoms with Gasteiger partial charge in [0.2, 0.25) is 0 Å². The average molecular weight is 284 g/mol. The van der Waals surface area contributed by atoms with Crippen LogP contribution in [0.5, 0.6) is 5.75 Å². The quantitative estimate of drug-likeness (QED) is 0.721. The maximum Gasteiger partial charge on any atom is 0.174 e. The molecule has 2 fully saturated rings. The van der Waals surface area contributed by atoms with Crippen LogP contribution in [-0.2, 0) is 9.84 Å². The van der Waals surface area contributed by atoms with Gasteiger partial charge in [-0.15, -0.1) is 0 Å². The summed E-state index contributed by atoms with van der Waals surface area (Å²) in [5.41, 5.74) is 0.720. The van der Waals surface area contributed by atoms with Crippen molar-refractivity contribution in [2.75, 3.05) is 16.4 Å². The van der Waals surface area contributed by atoms with E-state index in [1.165, 1.54) is 0 Å². The van der Waals surface area contributed by atoms with E-state index in [1.807, 2.05) is 0 Å². The number of sulfone groups is 1. The summed E-state index contributed by atoms with van der Waals surface area (Å²) in [6.07, 6.45) is 0. The molecule has 18 heavy (non-hydrogen) atoms. The Kier molecular flexibility index (Phi) is 2.49. The predicted octanol–water partition coefficient (Wildman–Crippen LogP) is 0.252. The van der Waals surface area contributed by atoms with Gasteiger partial charge < -0.3 is 15.3 Å². The first-order valence-corrected chi connectivity index (χ1v) is 7.78. The molecule has 1 aromatic rings. The van der Waals surface area contributed by atoms with Crippen molar-refractivity contribution in [1.29, 1.82) is 0 Å². The number of thiocarbonyl (C=S) groups is 1. The van der Waals surface area contributed by atoms with E-state index in [1.54, 1.807) is 29.2 Å². The number of phenolic OH excluding ortho intramolecular Hbond substituents is 1. The van der Waals surface area contributed by atoms with Crippen molar-refractivity contribution in [1.82, 2.24) is 5.32 Å². The topological polar surface area (TPSA) is 69.6 Å². The average Bonchev–Trinajstić information content (AvgIpc) is 2.68. The van der Waals surface area contributed by atoms with Crippen LogP contribution >= 0.6 is 12.2 Å². The number of rotatable bonds is 1. The number of phenols is 1. The van der Waals surface area contributed by atoms with Gasteiger partial charge >= 0.3 is 0 Å². The summed E-state index contributed by atoms with van der Waals surface area (Å²) >= 11 is 5.23. The first-order chi connectivity index (χ1) is 8.46. The van der Waals surface area contributed by atoms with Gasteiger partial charge in [0.25, 0.3) is 0 Å². The highest BCUT2D eigenvalue weighted by molar-refractivity contribution is 7.91. The van der Waals surface area contributed by atoms with Gasteiger partial charge in [0.1, 0.15) is 5.75 Å².